The van der Waals surface area contributed by atoms with E-state index >= 15 is 0 Å². The lowest BCUT2D eigenvalue weighted by Crippen LogP contribution is -2.39. The standard InChI is InChI=1S/C15H23N5O2/c1-3-18(10-12(2)9-16)14(21)11-20-15(22)19-8-6-4-5-7-13(19)17-20/h12H,3-8,10-11H2,1-2H3. The highest BCUT2D eigenvalue weighted by atomic mass is 16.2. The van der Waals surface area contributed by atoms with Gasteiger partial charge in [0, 0.05) is 26.1 Å². The van der Waals surface area contributed by atoms with Gasteiger partial charge in [-0.2, -0.15) is 10.4 Å². The lowest BCUT2D eigenvalue weighted by Gasteiger charge is -2.21. The summed E-state index contributed by atoms with van der Waals surface area (Å²) in [5.74, 6) is 0.392. The maximum Gasteiger partial charge on any atom is 0.346 e. The van der Waals surface area contributed by atoms with Gasteiger partial charge in [-0.1, -0.05) is 6.42 Å². The quantitative estimate of drug-likeness (QED) is 0.804. The predicted molar refractivity (Wildman–Crippen MR) is 81.1 cm³/mol. The molecule has 0 bridgehead atoms. The second kappa shape index (κ2) is 7.25. The lowest BCUT2D eigenvalue weighted by molar-refractivity contribution is -0.132. The Balaban J connectivity index is 2.11. The van der Waals surface area contributed by atoms with Gasteiger partial charge in [0.2, 0.25) is 5.91 Å². The molecule has 1 atom stereocenters. The molecular weight excluding hydrogens is 282 g/mol. The molecule has 1 aliphatic heterocycles. The molecule has 1 aromatic rings. The Morgan fingerprint density at radius 3 is 2.91 bits per heavy atom. The SMILES string of the molecule is CCN(CC(C)C#N)C(=O)Cn1nc2n(c1=O)CCCCC2. The van der Waals surface area contributed by atoms with Gasteiger partial charge >= 0.3 is 5.69 Å². The highest BCUT2D eigenvalue weighted by molar-refractivity contribution is 5.75. The summed E-state index contributed by atoms with van der Waals surface area (Å²) >= 11 is 0. The molecule has 0 N–H and O–H groups in total. The zero-order valence-corrected chi connectivity index (χ0v) is 13.3. The summed E-state index contributed by atoms with van der Waals surface area (Å²) in [6.07, 6.45) is 3.91. The van der Waals surface area contributed by atoms with Crippen molar-refractivity contribution in [1.29, 1.82) is 5.26 Å². The maximum atomic E-state index is 12.3. The number of aryl methyl sites for hydroxylation is 1. The number of hydrogen-bond acceptors (Lipinski definition) is 4. The lowest BCUT2D eigenvalue weighted by atomic mass is 10.2. The van der Waals surface area contributed by atoms with Crippen LogP contribution < -0.4 is 5.69 Å². The molecule has 0 spiro atoms. The molecule has 0 saturated carbocycles. The summed E-state index contributed by atoms with van der Waals surface area (Å²) in [6, 6.07) is 2.12. The zero-order chi connectivity index (χ0) is 16.1. The minimum absolute atomic E-state index is 0.0508. The van der Waals surface area contributed by atoms with Crippen molar-refractivity contribution in [3.05, 3.63) is 16.3 Å². The molecule has 7 nitrogen and oxygen atoms in total. The van der Waals surface area contributed by atoms with Crippen molar-refractivity contribution in [3.63, 3.8) is 0 Å². The Morgan fingerprint density at radius 1 is 1.45 bits per heavy atom. The van der Waals surface area contributed by atoms with Crippen molar-refractivity contribution in [2.75, 3.05) is 13.1 Å². The van der Waals surface area contributed by atoms with Gasteiger partial charge in [0.25, 0.3) is 0 Å². The van der Waals surface area contributed by atoms with Gasteiger partial charge < -0.3 is 4.90 Å². The third kappa shape index (κ3) is 3.56. The van der Waals surface area contributed by atoms with Crippen molar-refractivity contribution < 1.29 is 4.79 Å². The minimum Gasteiger partial charge on any atom is -0.340 e. The molecule has 1 aliphatic rings. The first-order chi connectivity index (χ1) is 10.6. The van der Waals surface area contributed by atoms with Gasteiger partial charge in [0.05, 0.1) is 12.0 Å². The number of nitrogens with zero attached hydrogens (tertiary/aromatic N) is 5. The van der Waals surface area contributed by atoms with Crippen LogP contribution in [-0.4, -0.2) is 38.2 Å². The van der Waals surface area contributed by atoms with Gasteiger partial charge in [0.15, 0.2) is 0 Å². The van der Waals surface area contributed by atoms with Gasteiger partial charge in [0.1, 0.15) is 12.4 Å². The second-order valence-corrected chi connectivity index (χ2v) is 5.78. The third-order valence-corrected chi connectivity index (χ3v) is 4.02. The molecule has 22 heavy (non-hydrogen) atoms. The van der Waals surface area contributed by atoms with Crippen LogP contribution in [0, 0.1) is 17.2 Å². The highest BCUT2D eigenvalue weighted by Gasteiger charge is 2.20. The van der Waals surface area contributed by atoms with E-state index in [2.05, 4.69) is 11.2 Å². The number of carbonyl (C=O) groups is 1. The van der Waals surface area contributed by atoms with E-state index in [4.69, 9.17) is 5.26 Å². The monoisotopic (exact) mass is 305 g/mol. The first-order valence-electron chi connectivity index (χ1n) is 7.90. The smallest absolute Gasteiger partial charge is 0.340 e. The van der Waals surface area contributed by atoms with Crippen molar-refractivity contribution in [2.45, 2.75) is 52.6 Å². The summed E-state index contributed by atoms with van der Waals surface area (Å²) in [7, 11) is 0. The van der Waals surface area contributed by atoms with E-state index < -0.39 is 0 Å². The number of hydrogen-bond donors (Lipinski definition) is 0. The molecule has 7 heteroatoms. The molecule has 2 heterocycles. The van der Waals surface area contributed by atoms with Crippen LogP contribution in [0.15, 0.2) is 4.79 Å². The van der Waals surface area contributed by atoms with Crippen LogP contribution >= 0.6 is 0 Å². The number of amides is 1. The average Bonchev–Trinajstić information content (AvgIpc) is 2.70. The topological polar surface area (TPSA) is 83.9 Å². The Kier molecular flexibility index (Phi) is 5.36. The fourth-order valence-corrected chi connectivity index (χ4v) is 2.74. The summed E-state index contributed by atoms with van der Waals surface area (Å²) in [5, 5.41) is 13.2. The number of carbonyl (C=O) groups excluding carboxylic acids is 1. The van der Waals surface area contributed by atoms with Crippen LogP contribution in [0.2, 0.25) is 0 Å². The summed E-state index contributed by atoms with van der Waals surface area (Å²) in [5.41, 5.74) is -0.199. The molecule has 0 aliphatic carbocycles. The van der Waals surface area contributed by atoms with Gasteiger partial charge in [-0.3, -0.25) is 9.36 Å². The van der Waals surface area contributed by atoms with Gasteiger partial charge in [-0.15, -0.1) is 0 Å². The molecule has 1 unspecified atom stereocenters. The van der Waals surface area contributed by atoms with Crippen LogP contribution in [0.25, 0.3) is 0 Å². The van der Waals surface area contributed by atoms with Crippen LogP contribution in [0.5, 0.6) is 0 Å². The molecule has 1 amide bonds. The molecule has 0 radical (unpaired) electrons. The van der Waals surface area contributed by atoms with Crippen molar-refractivity contribution in [1.82, 2.24) is 19.2 Å². The molecule has 0 saturated heterocycles. The number of likely N-dealkylation sites (N-methyl/N-ethyl adjacent to an activating group) is 1. The van der Waals surface area contributed by atoms with Crippen LogP contribution in [-0.2, 0) is 24.3 Å². The number of aromatic nitrogens is 3. The number of rotatable bonds is 5. The van der Waals surface area contributed by atoms with Crippen molar-refractivity contribution in [2.24, 2.45) is 5.92 Å². The molecule has 2 rings (SSSR count). The van der Waals surface area contributed by atoms with Gasteiger partial charge in [-0.05, 0) is 26.7 Å². The molecule has 0 fully saturated rings. The molecule has 0 aromatic carbocycles. The Morgan fingerprint density at radius 2 is 2.23 bits per heavy atom. The van der Waals surface area contributed by atoms with Gasteiger partial charge in [-0.25, -0.2) is 9.48 Å². The summed E-state index contributed by atoms with van der Waals surface area (Å²) in [4.78, 5) is 26.3. The average molecular weight is 305 g/mol. The zero-order valence-electron chi connectivity index (χ0n) is 13.3. The highest BCUT2D eigenvalue weighted by Crippen LogP contribution is 2.10. The van der Waals surface area contributed by atoms with E-state index in [1.807, 2.05) is 6.92 Å². The summed E-state index contributed by atoms with van der Waals surface area (Å²) < 4.78 is 2.96. The summed E-state index contributed by atoms with van der Waals surface area (Å²) in [6.45, 7) is 5.19. The largest absolute Gasteiger partial charge is 0.346 e. The van der Waals surface area contributed by atoms with E-state index in [1.165, 1.54) is 4.68 Å². The Bertz CT molecular complexity index is 625. The first kappa shape index (κ1) is 16.3. The Hall–Kier alpha value is -2.10. The Labute approximate surface area is 130 Å². The number of nitriles is 1. The van der Waals surface area contributed by atoms with Crippen molar-refractivity contribution in [3.8, 4) is 6.07 Å². The molecule has 120 valence electrons. The van der Waals surface area contributed by atoms with E-state index in [9.17, 15) is 9.59 Å². The minimum atomic E-state index is -0.223. The first-order valence-corrected chi connectivity index (χ1v) is 7.90. The molecule has 1 aromatic heterocycles. The normalized spacial score (nSPS) is 15.5. The van der Waals surface area contributed by atoms with E-state index in [0.29, 0.717) is 19.6 Å². The van der Waals surface area contributed by atoms with Crippen LogP contribution in [0.1, 0.15) is 38.9 Å². The number of fused-ring (bicyclic) bond motifs is 1. The van der Waals surface area contributed by atoms with Crippen molar-refractivity contribution >= 4 is 5.91 Å². The maximum absolute atomic E-state index is 12.3. The van der Waals surface area contributed by atoms with E-state index in [-0.39, 0.29) is 24.1 Å². The second-order valence-electron chi connectivity index (χ2n) is 5.78. The van der Waals surface area contributed by atoms with E-state index in [1.54, 1.807) is 16.4 Å². The van der Waals surface area contributed by atoms with Crippen LogP contribution in [0.3, 0.4) is 0 Å². The third-order valence-electron chi connectivity index (χ3n) is 4.02. The predicted octanol–water partition coefficient (Wildman–Crippen LogP) is 0.779. The fourth-order valence-electron chi connectivity index (χ4n) is 2.74. The fraction of sp³-hybridized carbons (Fsp3) is 0.733. The van der Waals surface area contributed by atoms with E-state index in [0.717, 1.165) is 31.5 Å². The molecular formula is C15H23N5O2. The van der Waals surface area contributed by atoms with Crippen LogP contribution in [0.4, 0.5) is 0 Å².